The number of nitrogens with zero attached hydrogens (tertiary/aromatic N) is 1. The number of para-hydroxylation sites is 1. The van der Waals surface area contributed by atoms with Crippen LogP contribution in [0.3, 0.4) is 0 Å². The number of methoxy groups -OCH3 is 1. The first kappa shape index (κ1) is 13.9. The highest BCUT2D eigenvalue weighted by Gasteiger charge is 2.44. The lowest BCUT2D eigenvalue weighted by atomic mass is 9.83. The van der Waals surface area contributed by atoms with Crippen LogP contribution in [-0.4, -0.2) is 43.2 Å². The largest absolute Gasteiger partial charge is 0.467 e. The molecule has 0 aromatic heterocycles. The summed E-state index contributed by atoms with van der Waals surface area (Å²) in [6.45, 7) is 3.03. The first-order chi connectivity index (χ1) is 9.07. The number of hydrogen-bond acceptors (Lipinski definition) is 4. The second-order valence-electron chi connectivity index (χ2n) is 5.35. The van der Waals surface area contributed by atoms with Gasteiger partial charge in [0, 0.05) is 18.3 Å². The zero-order valence-electron chi connectivity index (χ0n) is 11.8. The van der Waals surface area contributed by atoms with Crippen LogP contribution in [0.5, 0.6) is 0 Å². The number of ether oxygens (including phenoxy) is 1. The number of piperidine rings is 1. The van der Waals surface area contributed by atoms with Crippen molar-refractivity contribution in [3.8, 4) is 0 Å². The summed E-state index contributed by atoms with van der Waals surface area (Å²) in [6, 6.07) is 10.2. The van der Waals surface area contributed by atoms with E-state index in [2.05, 4.69) is 24.2 Å². The average Bonchev–Trinajstić information content (AvgIpc) is 2.43. The standard InChI is InChI=1S/C15H22N2O2/c1-12-11-15(14(18)19-3,9-10-17(12)2)16-13-7-5-4-6-8-13/h4-8,12,16H,9-11H2,1-3H3. The van der Waals surface area contributed by atoms with E-state index in [1.54, 1.807) is 0 Å². The predicted molar refractivity (Wildman–Crippen MR) is 76.1 cm³/mol. The highest BCUT2D eigenvalue weighted by Crippen LogP contribution is 2.31. The van der Waals surface area contributed by atoms with Crippen molar-refractivity contribution >= 4 is 11.7 Å². The third-order valence-corrected chi connectivity index (χ3v) is 4.02. The van der Waals surface area contributed by atoms with Crippen molar-refractivity contribution < 1.29 is 9.53 Å². The molecule has 0 saturated carbocycles. The second-order valence-corrected chi connectivity index (χ2v) is 5.35. The molecule has 1 aromatic carbocycles. The van der Waals surface area contributed by atoms with E-state index in [9.17, 15) is 4.79 Å². The van der Waals surface area contributed by atoms with E-state index in [0.717, 1.165) is 25.1 Å². The third-order valence-electron chi connectivity index (χ3n) is 4.02. The summed E-state index contributed by atoms with van der Waals surface area (Å²) in [4.78, 5) is 14.5. The lowest BCUT2D eigenvalue weighted by Crippen LogP contribution is -2.57. The Hall–Kier alpha value is -1.55. The number of anilines is 1. The smallest absolute Gasteiger partial charge is 0.331 e. The van der Waals surface area contributed by atoms with Gasteiger partial charge in [0.2, 0.25) is 0 Å². The molecule has 19 heavy (non-hydrogen) atoms. The molecule has 0 amide bonds. The number of rotatable bonds is 3. The quantitative estimate of drug-likeness (QED) is 0.847. The number of carbonyl (C=O) groups excluding carboxylic acids is 1. The van der Waals surface area contributed by atoms with Crippen LogP contribution in [-0.2, 0) is 9.53 Å². The molecule has 1 heterocycles. The highest BCUT2D eigenvalue weighted by molar-refractivity contribution is 5.84. The number of carbonyl (C=O) groups is 1. The molecule has 4 nitrogen and oxygen atoms in total. The molecule has 0 radical (unpaired) electrons. The van der Waals surface area contributed by atoms with Gasteiger partial charge in [-0.25, -0.2) is 4.79 Å². The normalized spacial score (nSPS) is 27.8. The maximum Gasteiger partial charge on any atom is 0.331 e. The molecule has 1 saturated heterocycles. The van der Waals surface area contributed by atoms with Gasteiger partial charge in [-0.2, -0.15) is 0 Å². The fourth-order valence-electron chi connectivity index (χ4n) is 2.69. The van der Waals surface area contributed by atoms with E-state index in [4.69, 9.17) is 4.74 Å². The molecular formula is C15H22N2O2. The van der Waals surface area contributed by atoms with Crippen LogP contribution in [0.4, 0.5) is 5.69 Å². The zero-order valence-corrected chi connectivity index (χ0v) is 11.8. The topological polar surface area (TPSA) is 41.6 Å². The molecule has 1 aliphatic heterocycles. The molecule has 104 valence electrons. The second kappa shape index (κ2) is 5.61. The Kier molecular flexibility index (Phi) is 4.10. The van der Waals surface area contributed by atoms with E-state index in [0.29, 0.717) is 6.04 Å². The summed E-state index contributed by atoms with van der Waals surface area (Å²) in [6.07, 6.45) is 1.51. The Balaban J connectivity index is 2.23. The fourth-order valence-corrected chi connectivity index (χ4v) is 2.69. The van der Waals surface area contributed by atoms with Crippen LogP contribution in [0.1, 0.15) is 19.8 Å². The van der Waals surface area contributed by atoms with Gasteiger partial charge in [-0.1, -0.05) is 18.2 Å². The third kappa shape index (κ3) is 2.89. The molecule has 4 heteroatoms. The molecular weight excluding hydrogens is 240 g/mol. The van der Waals surface area contributed by atoms with Crippen LogP contribution in [0.2, 0.25) is 0 Å². The van der Waals surface area contributed by atoms with Gasteiger partial charge in [-0.05, 0) is 38.9 Å². The van der Waals surface area contributed by atoms with Crippen molar-refractivity contribution in [3.63, 3.8) is 0 Å². The van der Waals surface area contributed by atoms with Gasteiger partial charge in [-0.3, -0.25) is 0 Å². The molecule has 0 bridgehead atoms. The Morgan fingerprint density at radius 2 is 2.11 bits per heavy atom. The molecule has 1 aliphatic rings. The number of likely N-dealkylation sites (tertiary alicyclic amines) is 1. The first-order valence-electron chi connectivity index (χ1n) is 6.69. The van der Waals surface area contributed by atoms with E-state index in [1.165, 1.54) is 7.11 Å². The minimum atomic E-state index is -0.609. The first-order valence-corrected chi connectivity index (χ1v) is 6.69. The number of esters is 1. The van der Waals surface area contributed by atoms with Crippen molar-refractivity contribution in [1.29, 1.82) is 0 Å². The van der Waals surface area contributed by atoms with Gasteiger partial charge >= 0.3 is 5.97 Å². The summed E-state index contributed by atoms with van der Waals surface area (Å²) in [5.41, 5.74) is 0.354. The molecule has 1 fully saturated rings. The maximum atomic E-state index is 12.2. The lowest BCUT2D eigenvalue weighted by molar-refractivity contribution is -0.148. The van der Waals surface area contributed by atoms with Gasteiger partial charge in [0.05, 0.1) is 7.11 Å². The van der Waals surface area contributed by atoms with Crippen molar-refractivity contribution in [2.24, 2.45) is 0 Å². The molecule has 1 N–H and O–H groups in total. The predicted octanol–water partition coefficient (Wildman–Crippen LogP) is 2.12. The van der Waals surface area contributed by atoms with Crippen molar-refractivity contribution in [2.75, 3.05) is 26.0 Å². The molecule has 0 aliphatic carbocycles. The van der Waals surface area contributed by atoms with Crippen LogP contribution in [0.15, 0.2) is 30.3 Å². The summed E-state index contributed by atoms with van der Waals surface area (Å²) < 4.78 is 5.03. The van der Waals surface area contributed by atoms with E-state index in [-0.39, 0.29) is 5.97 Å². The number of nitrogens with one attached hydrogen (secondary N) is 1. The minimum absolute atomic E-state index is 0.170. The van der Waals surface area contributed by atoms with Crippen molar-refractivity contribution in [3.05, 3.63) is 30.3 Å². The van der Waals surface area contributed by atoms with Crippen LogP contribution in [0.25, 0.3) is 0 Å². The summed E-state index contributed by atoms with van der Waals surface area (Å²) >= 11 is 0. The minimum Gasteiger partial charge on any atom is -0.467 e. The molecule has 1 aromatic rings. The van der Waals surface area contributed by atoms with E-state index < -0.39 is 5.54 Å². The van der Waals surface area contributed by atoms with Crippen LogP contribution < -0.4 is 5.32 Å². The molecule has 2 rings (SSSR count). The van der Waals surface area contributed by atoms with Gasteiger partial charge in [0.15, 0.2) is 0 Å². The Morgan fingerprint density at radius 1 is 1.42 bits per heavy atom. The van der Waals surface area contributed by atoms with Gasteiger partial charge in [-0.15, -0.1) is 0 Å². The summed E-state index contributed by atoms with van der Waals surface area (Å²) in [5, 5.41) is 3.39. The Morgan fingerprint density at radius 3 is 2.68 bits per heavy atom. The van der Waals surface area contributed by atoms with Crippen molar-refractivity contribution in [1.82, 2.24) is 4.90 Å². The van der Waals surface area contributed by atoms with Crippen molar-refractivity contribution in [2.45, 2.75) is 31.3 Å². The number of hydrogen-bond donors (Lipinski definition) is 1. The monoisotopic (exact) mass is 262 g/mol. The van der Waals surface area contributed by atoms with Crippen LogP contribution >= 0.6 is 0 Å². The zero-order chi connectivity index (χ0) is 13.9. The fraction of sp³-hybridized carbons (Fsp3) is 0.533. The summed E-state index contributed by atoms with van der Waals surface area (Å²) in [7, 11) is 3.55. The van der Waals surface area contributed by atoms with E-state index in [1.807, 2.05) is 30.3 Å². The van der Waals surface area contributed by atoms with Gasteiger partial charge in [0.1, 0.15) is 5.54 Å². The van der Waals surface area contributed by atoms with E-state index >= 15 is 0 Å². The van der Waals surface area contributed by atoms with Crippen LogP contribution in [0, 0.1) is 0 Å². The summed E-state index contributed by atoms with van der Waals surface area (Å²) in [5.74, 6) is -0.170. The molecule has 2 atom stereocenters. The SMILES string of the molecule is COC(=O)C1(Nc2ccccc2)CCN(C)C(C)C1. The average molecular weight is 262 g/mol. The van der Waals surface area contributed by atoms with Gasteiger partial charge in [0.25, 0.3) is 0 Å². The maximum absolute atomic E-state index is 12.2. The van der Waals surface area contributed by atoms with Gasteiger partial charge < -0.3 is 15.0 Å². The Labute approximate surface area is 114 Å². The number of benzene rings is 1. The highest BCUT2D eigenvalue weighted by atomic mass is 16.5. The molecule has 2 unspecified atom stereocenters. The Bertz CT molecular complexity index is 435. The lowest BCUT2D eigenvalue weighted by Gasteiger charge is -2.43. The molecule has 0 spiro atoms.